The Morgan fingerprint density at radius 2 is 2.06 bits per heavy atom. The maximum absolute atomic E-state index is 11.9. The third-order valence-electron chi connectivity index (χ3n) is 3.67. The second-order valence-corrected chi connectivity index (χ2v) is 5.34. The van der Waals surface area contributed by atoms with Crippen LogP contribution < -0.4 is 11.1 Å². The summed E-state index contributed by atoms with van der Waals surface area (Å²) >= 11 is 0. The lowest BCUT2D eigenvalue weighted by molar-refractivity contribution is -0.123. The molecule has 3 heteroatoms. The van der Waals surface area contributed by atoms with Gasteiger partial charge in [-0.05, 0) is 18.8 Å². The molecule has 16 heavy (non-hydrogen) atoms. The zero-order valence-corrected chi connectivity index (χ0v) is 10.7. The minimum Gasteiger partial charge on any atom is -0.349 e. The Balaban J connectivity index is 2.37. The molecule has 0 radical (unpaired) electrons. The monoisotopic (exact) mass is 226 g/mol. The highest BCUT2D eigenvalue weighted by Gasteiger charge is 2.33. The van der Waals surface area contributed by atoms with Crippen LogP contribution in [-0.4, -0.2) is 18.0 Å². The van der Waals surface area contributed by atoms with E-state index in [1.165, 1.54) is 12.8 Å². The molecule has 1 atom stereocenters. The predicted octanol–water partition coefficient (Wildman–Crippen LogP) is 2.20. The Morgan fingerprint density at radius 3 is 2.56 bits per heavy atom. The molecule has 0 aromatic heterocycles. The molecule has 3 nitrogen and oxygen atoms in total. The van der Waals surface area contributed by atoms with Crippen LogP contribution in [0.4, 0.5) is 0 Å². The molecule has 1 amide bonds. The highest BCUT2D eigenvalue weighted by Crippen LogP contribution is 2.28. The number of hydrogen-bond acceptors (Lipinski definition) is 2. The van der Waals surface area contributed by atoms with Crippen molar-refractivity contribution in [3.63, 3.8) is 0 Å². The molecule has 3 N–H and O–H groups in total. The largest absolute Gasteiger partial charge is 0.349 e. The Kier molecular flexibility index (Phi) is 5.26. The molecule has 1 saturated carbocycles. The van der Waals surface area contributed by atoms with Gasteiger partial charge in [-0.1, -0.05) is 39.5 Å². The van der Waals surface area contributed by atoms with Gasteiger partial charge in [0.15, 0.2) is 0 Å². The fourth-order valence-electron chi connectivity index (χ4n) is 2.69. The summed E-state index contributed by atoms with van der Waals surface area (Å²) in [6.45, 7) is 4.89. The van der Waals surface area contributed by atoms with Gasteiger partial charge >= 0.3 is 0 Å². The highest BCUT2D eigenvalue weighted by molar-refractivity contribution is 5.77. The molecular weight excluding hydrogens is 200 g/mol. The van der Waals surface area contributed by atoms with Crippen LogP contribution in [0.1, 0.15) is 58.8 Å². The number of nitrogens with two attached hydrogens (primary N) is 1. The topological polar surface area (TPSA) is 55.1 Å². The molecule has 0 saturated heterocycles. The Bertz CT molecular complexity index is 222. The van der Waals surface area contributed by atoms with Crippen molar-refractivity contribution in [2.75, 3.05) is 6.54 Å². The molecule has 0 aromatic carbocycles. The van der Waals surface area contributed by atoms with Gasteiger partial charge in [-0.3, -0.25) is 4.79 Å². The molecule has 1 aliphatic carbocycles. The molecule has 0 heterocycles. The van der Waals surface area contributed by atoms with Crippen LogP contribution in [0.3, 0.4) is 0 Å². The van der Waals surface area contributed by atoms with E-state index in [2.05, 4.69) is 19.2 Å². The van der Waals surface area contributed by atoms with Gasteiger partial charge in [-0.2, -0.15) is 0 Å². The molecule has 1 aliphatic rings. The van der Waals surface area contributed by atoms with Gasteiger partial charge in [0.05, 0.1) is 5.54 Å². The SMILES string of the molecule is CCCC(C)CC(=O)NC1(CN)CCCC1. The number of amides is 1. The van der Waals surface area contributed by atoms with Crippen molar-refractivity contribution in [1.82, 2.24) is 5.32 Å². The minimum absolute atomic E-state index is 0.0803. The molecule has 1 unspecified atom stereocenters. The van der Waals surface area contributed by atoms with Crippen LogP contribution in [-0.2, 0) is 4.79 Å². The zero-order chi connectivity index (χ0) is 12.0. The Labute approximate surface area is 99.2 Å². The summed E-state index contributed by atoms with van der Waals surface area (Å²) < 4.78 is 0. The first-order chi connectivity index (χ1) is 7.62. The van der Waals surface area contributed by atoms with Crippen molar-refractivity contribution in [3.8, 4) is 0 Å². The third-order valence-corrected chi connectivity index (χ3v) is 3.67. The zero-order valence-electron chi connectivity index (χ0n) is 10.7. The molecule has 1 fully saturated rings. The summed E-state index contributed by atoms with van der Waals surface area (Å²) in [5.74, 6) is 0.675. The lowest BCUT2D eigenvalue weighted by Gasteiger charge is -2.29. The van der Waals surface area contributed by atoms with E-state index in [4.69, 9.17) is 5.73 Å². The van der Waals surface area contributed by atoms with Gasteiger partial charge in [0.25, 0.3) is 0 Å². The predicted molar refractivity (Wildman–Crippen MR) is 67.1 cm³/mol. The first-order valence-electron chi connectivity index (χ1n) is 6.63. The Hall–Kier alpha value is -0.570. The minimum atomic E-state index is -0.0803. The number of carbonyl (C=O) groups is 1. The first kappa shape index (κ1) is 13.5. The normalized spacial score (nSPS) is 20.7. The van der Waals surface area contributed by atoms with E-state index >= 15 is 0 Å². The second-order valence-electron chi connectivity index (χ2n) is 5.34. The van der Waals surface area contributed by atoms with Gasteiger partial charge in [-0.25, -0.2) is 0 Å². The molecule has 0 aliphatic heterocycles. The van der Waals surface area contributed by atoms with Crippen molar-refractivity contribution in [2.45, 2.75) is 64.3 Å². The van der Waals surface area contributed by atoms with Crippen molar-refractivity contribution in [2.24, 2.45) is 11.7 Å². The first-order valence-corrected chi connectivity index (χ1v) is 6.63. The summed E-state index contributed by atoms with van der Waals surface area (Å²) in [7, 11) is 0. The van der Waals surface area contributed by atoms with E-state index in [-0.39, 0.29) is 11.4 Å². The number of hydrogen-bond donors (Lipinski definition) is 2. The molecule has 0 spiro atoms. The second kappa shape index (κ2) is 6.24. The molecule has 0 aromatic rings. The van der Waals surface area contributed by atoms with Gasteiger partial charge < -0.3 is 11.1 Å². The fourth-order valence-corrected chi connectivity index (χ4v) is 2.69. The quantitative estimate of drug-likeness (QED) is 0.729. The standard InChI is InChI=1S/C13H26N2O/c1-3-6-11(2)9-12(16)15-13(10-14)7-4-5-8-13/h11H,3-10,14H2,1-2H3,(H,15,16). The van der Waals surface area contributed by atoms with Gasteiger partial charge in [0, 0.05) is 13.0 Å². The van der Waals surface area contributed by atoms with Gasteiger partial charge in [-0.15, -0.1) is 0 Å². The smallest absolute Gasteiger partial charge is 0.220 e. The van der Waals surface area contributed by atoms with E-state index in [1.54, 1.807) is 0 Å². The lowest BCUT2D eigenvalue weighted by atomic mass is 9.96. The molecule has 1 rings (SSSR count). The maximum Gasteiger partial charge on any atom is 0.220 e. The van der Waals surface area contributed by atoms with Crippen LogP contribution >= 0.6 is 0 Å². The van der Waals surface area contributed by atoms with Crippen molar-refractivity contribution >= 4 is 5.91 Å². The van der Waals surface area contributed by atoms with Crippen molar-refractivity contribution in [3.05, 3.63) is 0 Å². The highest BCUT2D eigenvalue weighted by atomic mass is 16.1. The van der Waals surface area contributed by atoms with Crippen LogP contribution in [0.15, 0.2) is 0 Å². The van der Waals surface area contributed by atoms with E-state index in [1.807, 2.05) is 0 Å². The van der Waals surface area contributed by atoms with Gasteiger partial charge in [0.1, 0.15) is 0 Å². The van der Waals surface area contributed by atoms with Crippen molar-refractivity contribution in [1.29, 1.82) is 0 Å². The summed E-state index contributed by atoms with van der Waals surface area (Å²) in [6, 6.07) is 0. The number of nitrogens with one attached hydrogen (secondary N) is 1. The van der Waals surface area contributed by atoms with Crippen LogP contribution in [0, 0.1) is 5.92 Å². The van der Waals surface area contributed by atoms with Crippen LogP contribution in [0.2, 0.25) is 0 Å². The summed E-state index contributed by atoms with van der Waals surface area (Å²) in [4.78, 5) is 11.9. The average Bonchev–Trinajstić information content (AvgIpc) is 2.67. The third kappa shape index (κ3) is 3.78. The van der Waals surface area contributed by atoms with E-state index in [0.29, 0.717) is 18.9 Å². The summed E-state index contributed by atoms with van der Waals surface area (Å²) in [5.41, 5.74) is 5.71. The lowest BCUT2D eigenvalue weighted by Crippen LogP contribution is -2.51. The van der Waals surface area contributed by atoms with Crippen LogP contribution in [0.5, 0.6) is 0 Å². The average molecular weight is 226 g/mol. The summed E-state index contributed by atoms with van der Waals surface area (Å²) in [6.07, 6.45) is 7.42. The van der Waals surface area contributed by atoms with Crippen LogP contribution in [0.25, 0.3) is 0 Å². The fraction of sp³-hybridized carbons (Fsp3) is 0.923. The van der Waals surface area contributed by atoms with E-state index in [9.17, 15) is 4.79 Å². The molecule has 94 valence electrons. The molecule has 0 bridgehead atoms. The Morgan fingerprint density at radius 1 is 1.44 bits per heavy atom. The van der Waals surface area contributed by atoms with Crippen molar-refractivity contribution < 1.29 is 4.79 Å². The van der Waals surface area contributed by atoms with Gasteiger partial charge in [0.2, 0.25) is 5.91 Å². The van der Waals surface area contributed by atoms with E-state index in [0.717, 1.165) is 25.7 Å². The maximum atomic E-state index is 11.9. The number of carbonyl (C=O) groups excluding carboxylic acids is 1. The van der Waals surface area contributed by atoms with E-state index < -0.39 is 0 Å². The number of rotatable bonds is 6. The molecular formula is C13H26N2O. The summed E-state index contributed by atoms with van der Waals surface area (Å²) in [5, 5.41) is 3.17.